The number of hydrogen-bond acceptors (Lipinski definition) is 7. The molecule has 4 rings (SSSR count). The molecule has 3 heterocycles. The van der Waals surface area contributed by atoms with E-state index in [-0.39, 0.29) is 23.9 Å². The number of carbonyl (C=O) groups is 1. The molecule has 9 nitrogen and oxygen atoms in total. The lowest BCUT2D eigenvalue weighted by Crippen LogP contribution is -2.38. The molecule has 0 saturated heterocycles. The number of aryl methyl sites for hydroxylation is 2. The minimum atomic E-state index is -0.251. The number of aromatic nitrogens is 4. The summed E-state index contributed by atoms with van der Waals surface area (Å²) < 4.78 is 13.7. The zero-order chi connectivity index (χ0) is 23.5. The Morgan fingerprint density at radius 1 is 1.21 bits per heavy atom. The lowest BCUT2D eigenvalue weighted by atomic mass is 10.1. The molecule has 0 saturated carbocycles. The molecule has 33 heavy (non-hydrogen) atoms. The normalized spacial score (nSPS) is 15.2. The second kappa shape index (κ2) is 10.1. The first-order chi connectivity index (χ1) is 15.9. The molecule has 176 valence electrons. The van der Waals surface area contributed by atoms with Gasteiger partial charge in [0.05, 0.1) is 31.1 Å². The average Bonchev–Trinajstić information content (AvgIpc) is 3.39. The molecule has 1 aromatic carbocycles. The highest BCUT2D eigenvalue weighted by Gasteiger charge is 2.31. The van der Waals surface area contributed by atoms with Crippen molar-refractivity contribution in [2.75, 3.05) is 46.3 Å². The van der Waals surface area contributed by atoms with Crippen LogP contribution in [-0.4, -0.2) is 76.4 Å². The van der Waals surface area contributed by atoms with Crippen LogP contribution < -0.4 is 5.56 Å². The lowest BCUT2D eigenvalue weighted by molar-refractivity contribution is -0.133. The van der Waals surface area contributed by atoms with Gasteiger partial charge < -0.3 is 14.4 Å². The zero-order valence-corrected chi connectivity index (χ0v) is 20.2. The third-order valence-electron chi connectivity index (χ3n) is 5.84. The minimum Gasteiger partial charge on any atom is -0.383 e. The second-order valence-corrected chi connectivity index (χ2v) is 9.18. The predicted octanol–water partition coefficient (Wildman–Crippen LogP) is 2.36. The van der Waals surface area contributed by atoms with Gasteiger partial charge in [-0.1, -0.05) is 29.5 Å². The molecule has 0 aliphatic carbocycles. The van der Waals surface area contributed by atoms with Gasteiger partial charge in [0, 0.05) is 39.5 Å². The Morgan fingerprint density at radius 2 is 1.94 bits per heavy atom. The van der Waals surface area contributed by atoms with Gasteiger partial charge in [-0.2, -0.15) is 5.10 Å². The number of benzene rings is 1. The summed E-state index contributed by atoms with van der Waals surface area (Å²) in [6.07, 6.45) is 1.80. The van der Waals surface area contributed by atoms with Gasteiger partial charge in [0.1, 0.15) is 5.39 Å². The summed E-state index contributed by atoms with van der Waals surface area (Å²) in [5.41, 5.74) is 3.50. The second-order valence-electron chi connectivity index (χ2n) is 8.19. The van der Waals surface area contributed by atoms with Crippen molar-refractivity contribution in [3.8, 4) is 5.69 Å². The number of carbonyl (C=O) groups excluding carboxylic acids is 1. The van der Waals surface area contributed by atoms with Gasteiger partial charge in [-0.05, 0) is 25.5 Å². The van der Waals surface area contributed by atoms with E-state index in [0.29, 0.717) is 48.2 Å². The van der Waals surface area contributed by atoms with E-state index in [4.69, 9.17) is 14.5 Å². The van der Waals surface area contributed by atoms with E-state index in [9.17, 15) is 9.59 Å². The molecular weight excluding hydrogens is 442 g/mol. The van der Waals surface area contributed by atoms with E-state index in [1.54, 1.807) is 34.6 Å². The molecule has 1 amide bonds. The fourth-order valence-electron chi connectivity index (χ4n) is 4.09. The van der Waals surface area contributed by atoms with E-state index in [0.717, 1.165) is 16.8 Å². The van der Waals surface area contributed by atoms with Gasteiger partial charge >= 0.3 is 0 Å². The molecule has 0 bridgehead atoms. The van der Waals surface area contributed by atoms with Crippen LogP contribution in [0.2, 0.25) is 0 Å². The monoisotopic (exact) mass is 471 g/mol. The number of amides is 1. The van der Waals surface area contributed by atoms with Crippen LogP contribution >= 0.6 is 11.8 Å². The maximum absolute atomic E-state index is 13.4. The Kier molecular flexibility index (Phi) is 7.16. The van der Waals surface area contributed by atoms with Crippen LogP contribution in [0.1, 0.15) is 23.6 Å². The van der Waals surface area contributed by atoms with Crippen LogP contribution in [0.3, 0.4) is 0 Å². The molecule has 1 aliphatic rings. The molecule has 3 aromatic rings. The first kappa shape index (κ1) is 23.5. The topological polar surface area (TPSA) is 91.5 Å². The van der Waals surface area contributed by atoms with Gasteiger partial charge in [-0.15, -0.1) is 0 Å². The highest BCUT2D eigenvalue weighted by atomic mass is 32.2. The maximum Gasteiger partial charge on any atom is 0.265 e. The largest absolute Gasteiger partial charge is 0.383 e. The van der Waals surface area contributed by atoms with Crippen molar-refractivity contribution in [3.63, 3.8) is 0 Å². The summed E-state index contributed by atoms with van der Waals surface area (Å²) in [6.45, 7) is 5.93. The summed E-state index contributed by atoms with van der Waals surface area (Å²) in [4.78, 5) is 32.9. The smallest absolute Gasteiger partial charge is 0.265 e. The summed E-state index contributed by atoms with van der Waals surface area (Å²) in [5, 5.41) is 5.54. The minimum absolute atomic E-state index is 0.0273. The fourth-order valence-corrected chi connectivity index (χ4v) is 5.23. The van der Waals surface area contributed by atoms with E-state index in [1.807, 2.05) is 26.0 Å². The molecule has 0 radical (unpaired) electrons. The van der Waals surface area contributed by atoms with Crippen molar-refractivity contribution >= 4 is 28.7 Å². The molecule has 1 unspecified atom stereocenters. The van der Waals surface area contributed by atoms with E-state index in [1.165, 1.54) is 11.8 Å². The Bertz CT molecular complexity index is 1210. The van der Waals surface area contributed by atoms with Crippen LogP contribution in [0.15, 0.2) is 34.3 Å². The van der Waals surface area contributed by atoms with Gasteiger partial charge in [0.25, 0.3) is 5.56 Å². The molecule has 0 spiro atoms. The van der Waals surface area contributed by atoms with E-state index >= 15 is 0 Å². The van der Waals surface area contributed by atoms with Crippen molar-refractivity contribution in [1.82, 2.24) is 24.2 Å². The standard InChI is InChI=1S/C23H29N5O4S/c1-15-5-6-19(16(2)11-15)28-21-18(13-24-28)22(30)27-17(14-33-23(27)25-21)12-20(29)26(7-9-31-3)8-10-32-4/h5-6,11,13,17H,7-10,12,14H2,1-4H3. The molecule has 1 atom stereocenters. The molecule has 10 heteroatoms. The molecule has 1 aliphatic heterocycles. The Morgan fingerprint density at radius 3 is 2.61 bits per heavy atom. The quantitative estimate of drug-likeness (QED) is 0.443. The van der Waals surface area contributed by atoms with Crippen molar-refractivity contribution < 1.29 is 14.3 Å². The first-order valence-electron chi connectivity index (χ1n) is 10.9. The molecule has 2 aromatic heterocycles. The number of methoxy groups -OCH3 is 2. The third kappa shape index (κ3) is 4.68. The number of nitrogens with zero attached hydrogens (tertiary/aromatic N) is 5. The number of rotatable bonds is 9. The first-order valence-corrected chi connectivity index (χ1v) is 11.9. The summed E-state index contributed by atoms with van der Waals surface area (Å²) in [7, 11) is 3.22. The van der Waals surface area contributed by atoms with Crippen LogP contribution in [0.5, 0.6) is 0 Å². The number of fused-ring (bicyclic) bond motifs is 2. The van der Waals surface area contributed by atoms with Crippen LogP contribution in [0, 0.1) is 13.8 Å². The summed E-state index contributed by atoms with van der Waals surface area (Å²) in [5.74, 6) is 0.598. The van der Waals surface area contributed by atoms with Gasteiger partial charge in [-0.25, -0.2) is 9.67 Å². The fraction of sp³-hybridized carbons (Fsp3) is 0.478. The Labute approximate surface area is 196 Å². The van der Waals surface area contributed by atoms with Gasteiger partial charge in [0.15, 0.2) is 10.8 Å². The van der Waals surface area contributed by atoms with Crippen molar-refractivity contribution in [1.29, 1.82) is 0 Å². The van der Waals surface area contributed by atoms with Crippen LogP contribution in [-0.2, 0) is 14.3 Å². The Hall–Kier alpha value is -2.69. The highest BCUT2D eigenvalue weighted by Crippen LogP contribution is 2.34. The molecular formula is C23H29N5O4S. The third-order valence-corrected chi connectivity index (χ3v) is 6.94. The van der Waals surface area contributed by atoms with E-state index < -0.39 is 0 Å². The van der Waals surface area contributed by atoms with Gasteiger partial charge in [-0.3, -0.25) is 14.2 Å². The predicted molar refractivity (Wildman–Crippen MR) is 127 cm³/mol. The van der Waals surface area contributed by atoms with Crippen molar-refractivity contribution in [2.24, 2.45) is 0 Å². The summed E-state index contributed by atoms with van der Waals surface area (Å²) in [6, 6.07) is 5.84. The van der Waals surface area contributed by atoms with Crippen molar-refractivity contribution in [3.05, 3.63) is 45.9 Å². The maximum atomic E-state index is 13.4. The lowest BCUT2D eigenvalue weighted by Gasteiger charge is -2.24. The van der Waals surface area contributed by atoms with Crippen molar-refractivity contribution in [2.45, 2.75) is 31.5 Å². The Balaban J connectivity index is 1.64. The number of thioether (sulfide) groups is 1. The summed E-state index contributed by atoms with van der Waals surface area (Å²) >= 11 is 1.50. The SMILES string of the molecule is COCCN(CCOC)C(=O)CC1CSc2nc3c(cnn3-c3ccc(C)cc3C)c(=O)n21. The number of hydrogen-bond donors (Lipinski definition) is 0. The van der Waals surface area contributed by atoms with E-state index in [2.05, 4.69) is 11.2 Å². The molecule has 0 fully saturated rings. The van der Waals surface area contributed by atoms with Crippen LogP contribution in [0.4, 0.5) is 0 Å². The van der Waals surface area contributed by atoms with Crippen LogP contribution in [0.25, 0.3) is 16.7 Å². The number of ether oxygens (including phenoxy) is 2. The highest BCUT2D eigenvalue weighted by molar-refractivity contribution is 7.99. The zero-order valence-electron chi connectivity index (χ0n) is 19.4. The average molecular weight is 472 g/mol. The van der Waals surface area contributed by atoms with Gasteiger partial charge in [0.2, 0.25) is 5.91 Å². The molecule has 0 N–H and O–H groups in total.